The number of benzene rings is 2. The van der Waals surface area contributed by atoms with Crippen LogP contribution in [0.3, 0.4) is 0 Å². The van der Waals surface area contributed by atoms with E-state index in [1.807, 2.05) is 12.1 Å². The number of halogens is 1. The summed E-state index contributed by atoms with van der Waals surface area (Å²) in [4.78, 5) is 14.8. The van der Waals surface area contributed by atoms with Crippen LogP contribution in [0.2, 0.25) is 5.02 Å². The molecule has 0 spiro atoms. The molecule has 0 bridgehead atoms. The number of hydrogen-bond acceptors (Lipinski definition) is 6. The predicted octanol–water partition coefficient (Wildman–Crippen LogP) is 6.58. The van der Waals surface area contributed by atoms with E-state index < -0.39 is 0 Å². The van der Waals surface area contributed by atoms with Crippen LogP contribution in [0, 0.1) is 6.92 Å². The van der Waals surface area contributed by atoms with Crippen LogP contribution in [0.1, 0.15) is 19.4 Å². The van der Waals surface area contributed by atoms with Gasteiger partial charge in [-0.25, -0.2) is 9.97 Å². The maximum absolute atomic E-state index is 6.10. The highest BCUT2D eigenvalue weighted by Gasteiger charge is 2.22. The van der Waals surface area contributed by atoms with Crippen molar-refractivity contribution in [2.24, 2.45) is 0 Å². The topological polar surface area (TPSA) is 32.3 Å². The van der Waals surface area contributed by atoms with Crippen molar-refractivity contribution in [3.63, 3.8) is 0 Å². The van der Waals surface area contributed by atoms with Gasteiger partial charge in [0, 0.05) is 48.2 Å². The molecule has 2 aromatic carbocycles. The molecule has 0 saturated carbocycles. The number of thiazole rings is 2. The molecule has 0 radical (unpaired) electrons. The molecule has 160 valence electrons. The van der Waals surface area contributed by atoms with Crippen LogP contribution >= 0.6 is 34.3 Å². The molecular formula is C24H25ClN4S2. The third-order valence-corrected chi connectivity index (χ3v) is 8.10. The molecule has 0 amide bonds. The first-order chi connectivity index (χ1) is 15.0. The molecule has 0 aliphatic carbocycles. The van der Waals surface area contributed by atoms with Gasteiger partial charge in [0.05, 0.1) is 10.2 Å². The summed E-state index contributed by atoms with van der Waals surface area (Å²) in [5, 5.41) is 4.99. The quantitative estimate of drug-likeness (QED) is 0.338. The molecule has 7 heteroatoms. The van der Waals surface area contributed by atoms with Crippen LogP contribution in [-0.4, -0.2) is 47.1 Å². The van der Waals surface area contributed by atoms with Crippen LogP contribution < -0.4 is 4.90 Å². The molecular weight excluding hydrogens is 444 g/mol. The third-order valence-electron chi connectivity index (χ3n) is 5.82. The summed E-state index contributed by atoms with van der Waals surface area (Å²) in [6.45, 7) is 10.9. The summed E-state index contributed by atoms with van der Waals surface area (Å²) in [5.74, 6) is 0. The van der Waals surface area contributed by atoms with Gasteiger partial charge in [-0.15, -0.1) is 22.7 Å². The lowest BCUT2D eigenvalue weighted by Gasteiger charge is -2.36. The maximum atomic E-state index is 6.10. The summed E-state index contributed by atoms with van der Waals surface area (Å²) in [6, 6.07) is 13.0. The van der Waals surface area contributed by atoms with E-state index in [1.165, 1.54) is 15.8 Å². The molecule has 3 heterocycles. The summed E-state index contributed by atoms with van der Waals surface area (Å²) in [7, 11) is 0. The van der Waals surface area contributed by atoms with Crippen molar-refractivity contribution in [1.29, 1.82) is 0 Å². The average Bonchev–Trinajstić information content (AvgIpc) is 3.41. The van der Waals surface area contributed by atoms with E-state index in [4.69, 9.17) is 21.6 Å². The lowest BCUT2D eigenvalue weighted by molar-refractivity contribution is 0.209. The predicted molar refractivity (Wildman–Crippen MR) is 135 cm³/mol. The van der Waals surface area contributed by atoms with Crippen molar-refractivity contribution >= 4 is 49.6 Å². The lowest BCUT2D eigenvalue weighted by atomic mass is 10.0. The van der Waals surface area contributed by atoms with E-state index in [9.17, 15) is 0 Å². The number of hydrogen-bond donors (Lipinski definition) is 0. The number of fused-ring (bicyclic) bond motifs is 1. The van der Waals surface area contributed by atoms with Crippen LogP contribution in [-0.2, 0) is 0 Å². The second-order valence-electron chi connectivity index (χ2n) is 8.32. The zero-order chi connectivity index (χ0) is 21.5. The minimum atomic E-state index is 0.607. The minimum absolute atomic E-state index is 0.607. The van der Waals surface area contributed by atoms with E-state index in [0.717, 1.165) is 58.1 Å². The number of rotatable bonds is 4. The van der Waals surface area contributed by atoms with Crippen molar-refractivity contribution in [2.45, 2.75) is 26.8 Å². The Bertz CT molecular complexity index is 1200. The highest BCUT2D eigenvalue weighted by Crippen LogP contribution is 2.39. The molecule has 1 aliphatic rings. The molecule has 4 nitrogen and oxygen atoms in total. The van der Waals surface area contributed by atoms with Gasteiger partial charge in [0.1, 0.15) is 10.7 Å². The van der Waals surface area contributed by atoms with E-state index in [-0.39, 0.29) is 0 Å². The summed E-state index contributed by atoms with van der Waals surface area (Å²) < 4.78 is 1.20. The molecule has 0 unspecified atom stereocenters. The fraction of sp³-hybridized carbons (Fsp3) is 0.333. The molecule has 31 heavy (non-hydrogen) atoms. The standard InChI is InChI=1S/C24H25ClN4S2/c1-15(2)28-8-10-29(11-9-28)24-27-21(14-30-24)23-26-20-13-16(3)12-19(22(20)31-23)17-4-6-18(25)7-5-17/h4-7,12-15H,8-11H2,1-3H3. The molecule has 1 fully saturated rings. The minimum Gasteiger partial charge on any atom is -0.346 e. The van der Waals surface area contributed by atoms with Gasteiger partial charge in [0.15, 0.2) is 5.13 Å². The molecule has 2 aromatic heterocycles. The van der Waals surface area contributed by atoms with Crippen molar-refractivity contribution in [2.75, 3.05) is 31.1 Å². The Hall–Kier alpha value is -1.99. The number of aryl methyl sites for hydroxylation is 1. The van der Waals surface area contributed by atoms with E-state index in [0.29, 0.717) is 6.04 Å². The Balaban J connectivity index is 1.45. The molecule has 0 N–H and O–H groups in total. The van der Waals surface area contributed by atoms with Crippen LogP contribution in [0.25, 0.3) is 32.0 Å². The third kappa shape index (κ3) is 4.22. The number of piperazine rings is 1. The molecule has 1 saturated heterocycles. The van der Waals surface area contributed by atoms with Crippen molar-refractivity contribution in [1.82, 2.24) is 14.9 Å². The van der Waals surface area contributed by atoms with Gasteiger partial charge >= 0.3 is 0 Å². The Morgan fingerprint density at radius 3 is 2.45 bits per heavy atom. The monoisotopic (exact) mass is 468 g/mol. The molecule has 0 atom stereocenters. The van der Waals surface area contributed by atoms with Crippen molar-refractivity contribution in [3.8, 4) is 21.8 Å². The highest BCUT2D eigenvalue weighted by molar-refractivity contribution is 7.22. The second kappa shape index (κ2) is 8.51. The molecule has 4 aromatic rings. The fourth-order valence-electron chi connectivity index (χ4n) is 4.06. The smallest absolute Gasteiger partial charge is 0.186 e. The summed E-state index contributed by atoms with van der Waals surface area (Å²) in [6.07, 6.45) is 0. The lowest BCUT2D eigenvalue weighted by Crippen LogP contribution is -2.48. The maximum Gasteiger partial charge on any atom is 0.186 e. The highest BCUT2D eigenvalue weighted by atomic mass is 35.5. The number of aromatic nitrogens is 2. The Kier molecular flexibility index (Phi) is 5.73. The van der Waals surface area contributed by atoms with Crippen LogP contribution in [0.5, 0.6) is 0 Å². The second-order valence-corrected chi connectivity index (χ2v) is 10.6. The first-order valence-corrected chi connectivity index (χ1v) is 12.7. The van der Waals surface area contributed by atoms with E-state index in [1.54, 1.807) is 22.7 Å². The Morgan fingerprint density at radius 1 is 1.00 bits per heavy atom. The first-order valence-electron chi connectivity index (χ1n) is 10.6. The van der Waals surface area contributed by atoms with Crippen LogP contribution in [0.15, 0.2) is 41.8 Å². The SMILES string of the molecule is Cc1cc(-c2ccc(Cl)cc2)c2sc(-c3csc(N4CCN(C(C)C)CC4)n3)nc2c1. The van der Waals surface area contributed by atoms with Crippen molar-refractivity contribution < 1.29 is 0 Å². The zero-order valence-electron chi connectivity index (χ0n) is 17.9. The number of nitrogens with zero attached hydrogens (tertiary/aromatic N) is 4. The van der Waals surface area contributed by atoms with Gasteiger partial charge in [0.2, 0.25) is 0 Å². The fourth-order valence-corrected chi connectivity index (χ4v) is 6.17. The van der Waals surface area contributed by atoms with Gasteiger partial charge in [-0.3, -0.25) is 4.90 Å². The molecule has 1 aliphatic heterocycles. The van der Waals surface area contributed by atoms with E-state index >= 15 is 0 Å². The first kappa shape index (κ1) is 20.9. The number of anilines is 1. The summed E-state index contributed by atoms with van der Waals surface area (Å²) >= 11 is 9.55. The Labute approximate surface area is 196 Å². The van der Waals surface area contributed by atoms with Crippen LogP contribution in [0.4, 0.5) is 5.13 Å². The van der Waals surface area contributed by atoms with Gasteiger partial charge in [-0.1, -0.05) is 23.7 Å². The zero-order valence-corrected chi connectivity index (χ0v) is 20.3. The normalized spacial score (nSPS) is 15.3. The van der Waals surface area contributed by atoms with Gasteiger partial charge in [-0.2, -0.15) is 0 Å². The van der Waals surface area contributed by atoms with E-state index in [2.05, 4.69) is 60.2 Å². The summed E-state index contributed by atoms with van der Waals surface area (Å²) in [5.41, 5.74) is 5.58. The van der Waals surface area contributed by atoms with Gasteiger partial charge < -0.3 is 4.90 Å². The van der Waals surface area contributed by atoms with Gasteiger partial charge in [-0.05, 0) is 56.2 Å². The molecule has 5 rings (SSSR count). The van der Waals surface area contributed by atoms with Crippen molar-refractivity contribution in [3.05, 3.63) is 52.4 Å². The average molecular weight is 469 g/mol. The largest absolute Gasteiger partial charge is 0.346 e. The van der Waals surface area contributed by atoms with Gasteiger partial charge in [0.25, 0.3) is 0 Å². The Morgan fingerprint density at radius 2 is 1.74 bits per heavy atom.